The van der Waals surface area contributed by atoms with Gasteiger partial charge in [-0.3, -0.25) is 14.4 Å². The molecule has 1 saturated heterocycles. The second kappa shape index (κ2) is 11.5. The second-order valence-electron chi connectivity index (χ2n) is 7.08. The molecule has 0 aliphatic carbocycles. The van der Waals surface area contributed by atoms with Gasteiger partial charge in [-0.25, -0.2) is 0 Å². The fraction of sp³-hybridized carbons (Fsp3) is 0.318. The maximum Gasteiger partial charge on any atom is 0.251 e. The van der Waals surface area contributed by atoms with Crippen LogP contribution in [0, 0.1) is 0 Å². The number of β-amino-alcohol motifs (C(OH)–C–C–N with tert-alkyl or cyclic N) is 1. The topological polar surface area (TPSA) is 122 Å². The predicted octanol–water partition coefficient (Wildman–Crippen LogP) is 1.04. The highest BCUT2D eigenvalue weighted by atomic mass is 35.5. The summed E-state index contributed by atoms with van der Waals surface area (Å²) >= 11 is 0. The number of ether oxygens (including phenoxy) is 1. The van der Waals surface area contributed by atoms with Crippen molar-refractivity contribution in [2.45, 2.75) is 25.6 Å². The van der Waals surface area contributed by atoms with Crippen LogP contribution in [-0.2, 0) is 22.7 Å². The van der Waals surface area contributed by atoms with Crippen LogP contribution >= 0.6 is 12.4 Å². The first kappa shape index (κ1) is 24.3. The molecule has 9 heteroatoms. The molecule has 0 unspecified atom stereocenters. The molecule has 8 nitrogen and oxygen atoms in total. The maximum atomic E-state index is 12.2. The van der Waals surface area contributed by atoms with Crippen molar-refractivity contribution in [3.63, 3.8) is 0 Å². The van der Waals surface area contributed by atoms with Crippen molar-refractivity contribution in [1.29, 1.82) is 0 Å². The Hall–Kier alpha value is -2.94. The molecule has 2 aromatic rings. The third-order valence-electron chi connectivity index (χ3n) is 4.88. The third kappa shape index (κ3) is 6.78. The molecule has 4 N–H and O–H groups in total. The van der Waals surface area contributed by atoms with E-state index in [1.54, 1.807) is 24.3 Å². The van der Waals surface area contributed by atoms with Crippen LogP contribution in [0.4, 0.5) is 0 Å². The Bertz CT molecular complexity index is 902. The molecule has 1 atom stereocenters. The molecule has 0 spiro atoms. The molecule has 1 aliphatic rings. The molecule has 3 rings (SSSR count). The number of hydrogen-bond donors (Lipinski definition) is 3. The first-order chi connectivity index (χ1) is 14.5. The van der Waals surface area contributed by atoms with Crippen LogP contribution in [0.25, 0.3) is 0 Å². The molecule has 166 valence electrons. The molecular weight excluding hydrogens is 422 g/mol. The first-order valence-corrected chi connectivity index (χ1v) is 9.74. The van der Waals surface area contributed by atoms with Crippen LogP contribution in [0.15, 0.2) is 48.5 Å². The highest BCUT2D eigenvalue weighted by Crippen LogP contribution is 2.14. The van der Waals surface area contributed by atoms with E-state index in [9.17, 15) is 19.5 Å². The van der Waals surface area contributed by atoms with E-state index in [1.807, 2.05) is 24.3 Å². The number of aliphatic hydroxyl groups is 1. The minimum absolute atomic E-state index is 0. The van der Waals surface area contributed by atoms with Crippen molar-refractivity contribution in [3.05, 3.63) is 65.2 Å². The summed E-state index contributed by atoms with van der Waals surface area (Å²) in [7, 11) is 0. The number of Topliss-reactive ketones (excluding diaryl/α,β-unsaturated/α-hetero) is 1. The summed E-state index contributed by atoms with van der Waals surface area (Å²) in [6.07, 6.45) is -0.950. The zero-order chi connectivity index (χ0) is 21.5. The number of hydrogen-bond acceptors (Lipinski definition) is 6. The van der Waals surface area contributed by atoms with E-state index in [4.69, 9.17) is 10.5 Å². The summed E-state index contributed by atoms with van der Waals surface area (Å²) in [5, 5.41) is 12.3. The lowest BCUT2D eigenvalue weighted by atomic mass is 10.1. The molecule has 0 radical (unpaired) electrons. The predicted molar refractivity (Wildman–Crippen MR) is 117 cm³/mol. The largest absolute Gasteiger partial charge is 0.493 e. The number of aliphatic hydroxyl groups excluding tert-OH is 1. The van der Waals surface area contributed by atoms with Gasteiger partial charge in [-0.1, -0.05) is 24.3 Å². The molecule has 1 fully saturated rings. The second-order valence-corrected chi connectivity index (χ2v) is 7.08. The fourth-order valence-corrected chi connectivity index (χ4v) is 3.05. The lowest BCUT2D eigenvalue weighted by Crippen LogP contribution is -2.30. The number of carbonyl (C=O) groups is 3. The van der Waals surface area contributed by atoms with Crippen LogP contribution < -0.4 is 15.8 Å². The highest BCUT2D eigenvalue weighted by molar-refractivity contribution is 5.94. The smallest absolute Gasteiger partial charge is 0.251 e. The number of ketones is 1. The van der Waals surface area contributed by atoms with E-state index in [1.165, 1.54) is 4.90 Å². The Morgan fingerprint density at radius 3 is 2.32 bits per heavy atom. The minimum Gasteiger partial charge on any atom is -0.493 e. The molecule has 2 amide bonds. The first-order valence-electron chi connectivity index (χ1n) is 9.74. The Kier molecular flexibility index (Phi) is 8.99. The van der Waals surface area contributed by atoms with Gasteiger partial charge in [0.05, 0.1) is 26.1 Å². The number of likely N-dealkylation sites (tertiary alicyclic amines) is 1. The van der Waals surface area contributed by atoms with E-state index < -0.39 is 6.10 Å². The number of rotatable bonds is 8. The van der Waals surface area contributed by atoms with Gasteiger partial charge in [-0.05, 0) is 35.4 Å². The van der Waals surface area contributed by atoms with Crippen molar-refractivity contribution in [1.82, 2.24) is 10.2 Å². The Morgan fingerprint density at radius 2 is 1.74 bits per heavy atom. The van der Waals surface area contributed by atoms with Crippen LogP contribution in [0.5, 0.6) is 5.75 Å². The zero-order valence-corrected chi connectivity index (χ0v) is 17.8. The monoisotopic (exact) mass is 447 g/mol. The SMILES string of the molecule is Cl.NCc1ccc(C(=O)NCc2ccc(OCCC(=O)N3CC(=O)[C@H](O)C3)cc2)cc1. The van der Waals surface area contributed by atoms with Crippen LogP contribution in [0.3, 0.4) is 0 Å². The number of amides is 2. The number of benzene rings is 2. The van der Waals surface area contributed by atoms with Gasteiger partial charge in [0, 0.05) is 18.7 Å². The molecule has 2 aromatic carbocycles. The summed E-state index contributed by atoms with van der Waals surface area (Å²) in [5.74, 6) is -0.117. The maximum absolute atomic E-state index is 12.2. The number of nitrogens with one attached hydrogen (secondary N) is 1. The molecule has 0 bridgehead atoms. The lowest BCUT2D eigenvalue weighted by molar-refractivity contribution is -0.132. The summed E-state index contributed by atoms with van der Waals surface area (Å²) in [4.78, 5) is 36.9. The zero-order valence-electron chi connectivity index (χ0n) is 17.0. The van der Waals surface area contributed by atoms with Gasteiger partial charge >= 0.3 is 0 Å². The molecule has 0 aromatic heterocycles. The van der Waals surface area contributed by atoms with Gasteiger partial charge in [0.1, 0.15) is 11.9 Å². The number of nitrogens with zero attached hydrogens (tertiary/aromatic N) is 1. The molecule has 31 heavy (non-hydrogen) atoms. The molecule has 1 aliphatic heterocycles. The van der Waals surface area contributed by atoms with Crippen LogP contribution in [0.2, 0.25) is 0 Å². The quantitative estimate of drug-likeness (QED) is 0.555. The van der Waals surface area contributed by atoms with E-state index in [0.717, 1.165) is 11.1 Å². The highest BCUT2D eigenvalue weighted by Gasteiger charge is 2.31. The summed E-state index contributed by atoms with van der Waals surface area (Å²) < 4.78 is 5.57. The van der Waals surface area contributed by atoms with E-state index in [-0.39, 0.29) is 56.1 Å². The van der Waals surface area contributed by atoms with Crippen molar-refractivity contribution in [3.8, 4) is 5.75 Å². The van der Waals surface area contributed by atoms with Crippen LogP contribution in [0.1, 0.15) is 27.9 Å². The fourth-order valence-electron chi connectivity index (χ4n) is 3.05. The van der Waals surface area contributed by atoms with Gasteiger partial charge < -0.3 is 25.8 Å². The minimum atomic E-state index is -1.08. The Labute approximate surface area is 186 Å². The summed E-state index contributed by atoms with van der Waals surface area (Å²) in [6.45, 7) is 0.994. The molecule has 1 heterocycles. The van der Waals surface area contributed by atoms with Crippen LogP contribution in [-0.4, -0.2) is 53.4 Å². The van der Waals surface area contributed by atoms with Gasteiger partial charge in [-0.15, -0.1) is 12.4 Å². The van der Waals surface area contributed by atoms with Crippen molar-refractivity contribution in [2.75, 3.05) is 19.7 Å². The average Bonchev–Trinajstić information content (AvgIpc) is 3.11. The Balaban J connectivity index is 0.00000341. The van der Waals surface area contributed by atoms with Gasteiger partial charge in [0.25, 0.3) is 5.91 Å². The summed E-state index contributed by atoms with van der Waals surface area (Å²) in [5.41, 5.74) is 8.01. The van der Waals surface area contributed by atoms with E-state index in [2.05, 4.69) is 5.32 Å². The lowest BCUT2D eigenvalue weighted by Gasteiger charge is -2.14. The molecular formula is C22H26ClN3O5. The van der Waals surface area contributed by atoms with Crippen molar-refractivity contribution in [2.24, 2.45) is 5.73 Å². The Morgan fingerprint density at radius 1 is 1.10 bits per heavy atom. The average molecular weight is 448 g/mol. The number of halogens is 1. The van der Waals surface area contributed by atoms with Gasteiger partial charge in [-0.2, -0.15) is 0 Å². The van der Waals surface area contributed by atoms with Crippen molar-refractivity contribution < 1.29 is 24.2 Å². The van der Waals surface area contributed by atoms with Gasteiger partial charge in [0.2, 0.25) is 5.91 Å². The summed E-state index contributed by atoms with van der Waals surface area (Å²) in [6, 6.07) is 14.4. The third-order valence-corrected chi connectivity index (χ3v) is 4.88. The number of nitrogens with two attached hydrogens (primary N) is 1. The molecule has 0 saturated carbocycles. The normalized spacial score (nSPS) is 15.4. The van der Waals surface area contributed by atoms with E-state index in [0.29, 0.717) is 24.4 Å². The van der Waals surface area contributed by atoms with E-state index >= 15 is 0 Å². The number of carbonyl (C=O) groups excluding carboxylic acids is 3. The van der Waals surface area contributed by atoms with Crippen molar-refractivity contribution >= 4 is 30.0 Å². The standard InChI is InChI=1S/C22H25N3O5.ClH/c23-11-15-1-5-17(6-2-15)22(29)24-12-16-3-7-18(8-4-16)30-10-9-21(28)25-13-19(26)20(27)14-25;/h1-8,19,26H,9-14,23H2,(H,24,29);1H/t19-;/m1./s1. The van der Waals surface area contributed by atoms with Gasteiger partial charge in [0.15, 0.2) is 5.78 Å².